The molecular formula is C16H18N2O3S. The molecule has 1 saturated heterocycles. The van der Waals surface area contributed by atoms with Crippen molar-refractivity contribution < 1.29 is 14.3 Å². The maximum absolute atomic E-state index is 12.2. The zero-order valence-electron chi connectivity index (χ0n) is 12.4. The van der Waals surface area contributed by atoms with Crippen molar-refractivity contribution in [2.45, 2.75) is 25.9 Å². The van der Waals surface area contributed by atoms with E-state index in [1.807, 2.05) is 24.4 Å². The monoisotopic (exact) mass is 318 g/mol. The summed E-state index contributed by atoms with van der Waals surface area (Å²) >= 11 is 1.41. The Morgan fingerprint density at radius 1 is 1.55 bits per heavy atom. The second-order valence-corrected chi connectivity index (χ2v) is 6.08. The number of aromatic nitrogens is 1. The number of thiazole rings is 1. The van der Waals surface area contributed by atoms with E-state index < -0.39 is 0 Å². The van der Waals surface area contributed by atoms with E-state index in [1.165, 1.54) is 11.3 Å². The molecule has 116 valence electrons. The van der Waals surface area contributed by atoms with E-state index in [1.54, 1.807) is 12.1 Å². The number of carbonyl (C=O) groups is 1. The standard InChI is InChI=1S/C16H18N2O3S/c1-11-10-22-16(17-11)18-15(19)12-4-2-5-13(8-12)21-9-14-6-3-7-20-14/h2,4-5,8,10,14H,3,6-7,9H2,1H3,(H,17,18,19)/t14-/m1/s1. The predicted octanol–water partition coefficient (Wildman–Crippen LogP) is 3.26. The van der Waals surface area contributed by atoms with Crippen molar-refractivity contribution in [1.82, 2.24) is 4.98 Å². The van der Waals surface area contributed by atoms with Crippen LogP contribution in [0.2, 0.25) is 0 Å². The van der Waals surface area contributed by atoms with Crippen LogP contribution in [0.5, 0.6) is 5.75 Å². The molecule has 3 rings (SSSR count). The van der Waals surface area contributed by atoms with Crippen molar-refractivity contribution in [1.29, 1.82) is 0 Å². The van der Waals surface area contributed by atoms with Crippen LogP contribution in [0.1, 0.15) is 28.9 Å². The predicted molar refractivity (Wildman–Crippen MR) is 85.7 cm³/mol. The van der Waals surface area contributed by atoms with Gasteiger partial charge in [-0.3, -0.25) is 10.1 Å². The first-order chi connectivity index (χ1) is 10.7. The van der Waals surface area contributed by atoms with Crippen LogP contribution >= 0.6 is 11.3 Å². The smallest absolute Gasteiger partial charge is 0.257 e. The van der Waals surface area contributed by atoms with Crippen LogP contribution in [0.15, 0.2) is 29.6 Å². The molecular weight excluding hydrogens is 300 g/mol. The van der Waals surface area contributed by atoms with Crippen LogP contribution in [0.4, 0.5) is 5.13 Å². The molecule has 0 radical (unpaired) electrons. The zero-order chi connectivity index (χ0) is 15.4. The lowest BCUT2D eigenvalue weighted by Crippen LogP contribution is -2.16. The molecule has 1 aromatic heterocycles. The average molecular weight is 318 g/mol. The lowest BCUT2D eigenvalue weighted by Gasteiger charge is -2.12. The van der Waals surface area contributed by atoms with Crippen LogP contribution < -0.4 is 10.1 Å². The second-order valence-electron chi connectivity index (χ2n) is 5.22. The summed E-state index contributed by atoms with van der Waals surface area (Å²) in [7, 11) is 0. The maximum atomic E-state index is 12.2. The first-order valence-electron chi connectivity index (χ1n) is 7.28. The highest BCUT2D eigenvalue weighted by Crippen LogP contribution is 2.19. The molecule has 1 fully saturated rings. The molecule has 1 aliphatic heterocycles. The van der Waals surface area contributed by atoms with Gasteiger partial charge in [-0.1, -0.05) is 6.07 Å². The summed E-state index contributed by atoms with van der Waals surface area (Å²) in [5.41, 5.74) is 1.45. The highest BCUT2D eigenvalue weighted by Gasteiger charge is 2.16. The highest BCUT2D eigenvalue weighted by molar-refractivity contribution is 7.13. The van der Waals surface area contributed by atoms with E-state index in [2.05, 4.69) is 10.3 Å². The summed E-state index contributed by atoms with van der Waals surface area (Å²) in [5.74, 6) is 0.496. The molecule has 5 nitrogen and oxygen atoms in total. The average Bonchev–Trinajstić information content (AvgIpc) is 3.17. The number of benzene rings is 1. The Kier molecular flexibility index (Phi) is 4.70. The molecule has 0 saturated carbocycles. The molecule has 0 bridgehead atoms. The number of aryl methyl sites for hydroxylation is 1. The summed E-state index contributed by atoms with van der Waals surface area (Å²) in [6, 6.07) is 7.16. The third-order valence-electron chi connectivity index (χ3n) is 3.40. The van der Waals surface area contributed by atoms with Crippen molar-refractivity contribution in [3.8, 4) is 5.75 Å². The summed E-state index contributed by atoms with van der Waals surface area (Å²) < 4.78 is 11.2. The van der Waals surface area contributed by atoms with Crippen molar-refractivity contribution in [2.24, 2.45) is 0 Å². The summed E-state index contributed by atoms with van der Waals surface area (Å²) in [6.07, 6.45) is 2.28. The van der Waals surface area contributed by atoms with Gasteiger partial charge in [0, 0.05) is 17.6 Å². The Morgan fingerprint density at radius 3 is 3.18 bits per heavy atom. The Morgan fingerprint density at radius 2 is 2.45 bits per heavy atom. The second kappa shape index (κ2) is 6.89. The van der Waals surface area contributed by atoms with Gasteiger partial charge in [0.15, 0.2) is 5.13 Å². The molecule has 22 heavy (non-hydrogen) atoms. The minimum Gasteiger partial charge on any atom is -0.491 e. The molecule has 2 aromatic rings. The van der Waals surface area contributed by atoms with Gasteiger partial charge in [-0.25, -0.2) is 4.98 Å². The van der Waals surface area contributed by atoms with Crippen LogP contribution in [0.25, 0.3) is 0 Å². The topological polar surface area (TPSA) is 60.5 Å². The number of carbonyl (C=O) groups excluding carboxylic acids is 1. The normalized spacial score (nSPS) is 17.4. The number of nitrogens with zero attached hydrogens (tertiary/aromatic N) is 1. The fraction of sp³-hybridized carbons (Fsp3) is 0.375. The Hall–Kier alpha value is -1.92. The van der Waals surface area contributed by atoms with E-state index in [-0.39, 0.29) is 12.0 Å². The Bertz CT molecular complexity index is 650. The third-order valence-corrected chi connectivity index (χ3v) is 4.27. The molecule has 1 N–H and O–H groups in total. The lowest BCUT2D eigenvalue weighted by molar-refractivity contribution is 0.0679. The van der Waals surface area contributed by atoms with Gasteiger partial charge < -0.3 is 9.47 Å². The Labute approximate surface area is 133 Å². The van der Waals surface area contributed by atoms with E-state index in [9.17, 15) is 4.79 Å². The van der Waals surface area contributed by atoms with Gasteiger partial charge in [0.05, 0.1) is 11.8 Å². The van der Waals surface area contributed by atoms with Gasteiger partial charge in [-0.05, 0) is 38.0 Å². The van der Waals surface area contributed by atoms with Crippen LogP contribution in [0.3, 0.4) is 0 Å². The molecule has 0 aliphatic carbocycles. The molecule has 0 spiro atoms. The van der Waals surface area contributed by atoms with Crippen LogP contribution in [-0.4, -0.2) is 30.2 Å². The van der Waals surface area contributed by atoms with Crippen molar-refractivity contribution in [3.05, 3.63) is 40.9 Å². The van der Waals surface area contributed by atoms with Crippen LogP contribution in [0, 0.1) is 6.92 Å². The summed E-state index contributed by atoms with van der Waals surface area (Å²) in [4.78, 5) is 16.4. The third kappa shape index (κ3) is 3.84. The number of rotatable bonds is 5. The van der Waals surface area contributed by atoms with E-state index in [0.29, 0.717) is 23.1 Å². The summed E-state index contributed by atoms with van der Waals surface area (Å²) in [5, 5.41) is 5.30. The molecule has 1 aliphatic rings. The largest absolute Gasteiger partial charge is 0.491 e. The maximum Gasteiger partial charge on any atom is 0.257 e. The molecule has 1 aromatic carbocycles. The number of hydrogen-bond acceptors (Lipinski definition) is 5. The molecule has 0 unspecified atom stereocenters. The number of amides is 1. The highest BCUT2D eigenvalue weighted by atomic mass is 32.1. The molecule has 1 amide bonds. The first kappa shape index (κ1) is 15.0. The minimum atomic E-state index is -0.183. The number of nitrogens with one attached hydrogen (secondary N) is 1. The van der Waals surface area contributed by atoms with Crippen molar-refractivity contribution in [3.63, 3.8) is 0 Å². The Balaban J connectivity index is 1.61. The number of hydrogen-bond donors (Lipinski definition) is 1. The quantitative estimate of drug-likeness (QED) is 0.919. The lowest BCUT2D eigenvalue weighted by atomic mass is 10.2. The minimum absolute atomic E-state index is 0.163. The van der Waals surface area contributed by atoms with Crippen molar-refractivity contribution in [2.75, 3.05) is 18.5 Å². The van der Waals surface area contributed by atoms with Gasteiger partial charge in [0.25, 0.3) is 5.91 Å². The van der Waals surface area contributed by atoms with Gasteiger partial charge in [-0.15, -0.1) is 11.3 Å². The van der Waals surface area contributed by atoms with Crippen LogP contribution in [-0.2, 0) is 4.74 Å². The van der Waals surface area contributed by atoms with E-state index in [0.717, 1.165) is 25.1 Å². The van der Waals surface area contributed by atoms with Gasteiger partial charge in [0.1, 0.15) is 12.4 Å². The van der Waals surface area contributed by atoms with Gasteiger partial charge in [0.2, 0.25) is 0 Å². The van der Waals surface area contributed by atoms with Gasteiger partial charge >= 0.3 is 0 Å². The SMILES string of the molecule is Cc1csc(NC(=O)c2cccc(OC[C@H]3CCCO3)c2)n1. The number of ether oxygens (including phenoxy) is 2. The van der Waals surface area contributed by atoms with E-state index in [4.69, 9.17) is 9.47 Å². The molecule has 1 atom stereocenters. The summed E-state index contributed by atoms with van der Waals surface area (Å²) in [6.45, 7) is 3.23. The molecule has 6 heteroatoms. The van der Waals surface area contributed by atoms with Crippen molar-refractivity contribution >= 4 is 22.4 Å². The fourth-order valence-corrected chi connectivity index (χ4v) is 2.96. The molecule has 2 heterocycles. The van der Waals surface area contributed by atoms with Gasteiger partial charge in [-0.2, -0.15) is 0 Å². The van der Waals surface area contributed by atoms with E-state index >= 15 is 0 Å². The fourth-order valence-electron chi connectivity index (χ4n) is 2.27. The first-order valence-corrected chi connectivity index (χ1v) is 8.16. The number of anilines is 1. The zero-order valence-corrected chi connectivity index (χ0v) is 13.2.